The van der Waals surface area contributed by atoms with Gasteiger partial charge in [0.15, 0.2) is 0 Å². The topological polar surface area (TPSA) is 66.8 Å². The molecular weight excluding hydrogens is 300 g/mol. The van der Waals surface area contributed by atoms with Crippen LogP contribution in [0.3, 0.4) is 0 Å². The molecule has 5 heteroatoms. The largest absolute Gasteiger partial charge is 0.496 e. The van der Waals surface area contributed by atoms with Crippen LogP contribution in [0.2, 0.25) is 0 Å². The molecule has 4 nitrogen and oxygen atoms in total. The number of aliphatic hydroxyl groups excluding tert-OH is 1. The van der Waals surface area contributed by atoms with Crippen molar-refractivity contribution in [1.29, 1.82) is 0 Å². The maximum atomic E-state index is 11.1. The van der Waals surface area contributed by atoms with Crippen LogP contribution in [0.4, 0.5) is 0 Å². The van der Waals surface area contributed by atoms with Crippen LogP contribution in [0.25, 0.3) is 0 Å². The summed E-state index contributed by atoms with van der Waals surface area (Å²) in [6.07, 6.45) is 0.149. The van der Waals surface area contributed by atoms with Gasteiger partial charge in [-0.2, -0.15) is 0 Å². The van der Waals surface area contributed by atoms with E-state index in [-0.39, 0.29) is 0 Å². The number of rotatable bonds is 6. The number of aliphatic carboxylic acids is 1. The van der Waals surface area contributed by atoms with Crippen molar-refractivity contribution in [2.75, 3.05) is 7.11 Å². The quantitative estimate of drug-likeness (QED) is 0.846. The van der Waals surface area contributed by atoms with E-state index < -0.39 is 18.0 Å². The van der Waals surface area contributed by atoms with Crippen LogP contribution < -0.4 is 4.74 Å². The number of methoxy groups -OCH3 is 1. The molecule has 0 amide bonds. The van der Waals surface area contributed by atoms with Gasteiger partial charge in [0.2, 0.25) is 0 Å². The minimum atomic E-state index is -1.01. The summed E-state index contributed by atoms with van der Waals surface area (Å²) in [4.78, 5) is 11.1. The zero-order valence-corrected chi connectivity index (χ0v) is 12.0. The molecule has 0 aliphatic carbocycles. The van der Waals surface area contributed by atoms with Gasteiger partial charge in [-0.3, -0.25) is 4.79 Å². The zero-order valence-electron chi connectivity index (χ0n) is 10.4. The minimum Gasteiger partial charge on any atom is -0.496 e. The predicted octanol–water partition coefficient (Wildman–Crippen LogP) is 2.99. The Bertz CT molecular complexity index is 419. The molecule has 1 rings (SSSR count). The summed E-state index contributed by atoms with van der Waals surface area (Å²) in [6, 6.07) is 5.07. The van der Waals surface area contributed by atoms with Crippen LogP contribution in [0.15, 0.2) is 22.7 Å². The normalized spacial score (nSPS) is 14.0. The van der Waals surface area contributed by atoms with Gasteiger partial charge in [0.05, 0.1) is 23.6 Å². The summed E-state index contributed by atoms with van der Waals surface area (Å²) in [7, 11) is 1.55. The van der Waals surface area contributed by atoms with Gasteiger partial charge in [-0.05, 0) is 40.0 Å². The number of hydrogen-bond acceptors (Lipinski definition) is 3. The number of carbonyl (C=O) groups is 1. The Hall–Kier alpha value is -1.07. The van der Waals surface area contributed by atoms with Crippen LogP contribution in [0, 0.1) is 5.92 Å². The molecule has 1 aromatic carbocycles. The van der Waals surface area contributed by atoms with Crippen molar-refractivity contribution in [3.63, 3.8) is 0 Å². The van der Waals surface area contributed by atoms with Crippen LogP contribution in [0.1, 0.15) is 31.4 Å². The lowest BCUT2D eigenvalue weighted by Gasteiger charge is -2.19. The highest BCUT2D eigenvalue weighted by Crippen LogP contribution is 2.32. The molecule has 2 atom stereocenters. The van der Waals surface area contributed by atoms with Crippen LogP contribution in [0.5, 0.6) is 5.75 Å². The number of carboxylic acid groups (broad SMARTS) is 1. The summed E-state index contributed by atoms with van der Waals surface area (Å²) in [5, 5.41) is 19.2. The van der Waals surface area contributed by atoms with Crippen LogP contribution in [-0.2, 0) is 4.79 Å². The van der Waals surface area contributed by atoms with Gasteiger partial charge in [-0.25, -0.2) is 0 Å². The predicted molar refractivity (Wildman–Crippen MR) is 71.7 cm³/mol. The molecule has 0 aromatic heterocycles. The molecule has 0 fully saturated rings. The molecule has 0 aliphatic rings. The Morgan fingerprint density at radius 2 is 2.17 bits per heavy atom. The molecule has 0 saturated carbocycles. The van der Waals surface area contributed by atoms with Crippen molar-refractivity contribution in [2.24, 2.45) is 5.92 Å². The van der Waals surface area contributed by atoms with E-state index >= 15 is 0 Å². The molecule has 1 aromatic rings. The maximum absolute atomic E-state index is 11.1. The first-order valence-electron chi connectivity index (χ1n) is 5.75. The number of carboxylic acids is 1. The highest BCUT2D eigenvalue weighted by atomic mass is 79.9. The lowest BCUT2D eigenvalue weighted by molar-refractivity contribution is -0.146. The van der Waals surface area contributed by atoms with E-state index in [1.54, 1.807) is 25.3 Å². The average molecular weight is 317 g/mol. The Balaban J connectivity index is 2.97. The fourth-order valence-corrected chi connectivity index (χ4v) is 2.38. The van der Waals surface area contributed by atoms with Gasteiger partial charge in [0.1, 0.15) is 5.75 Å². The van der Waals surface area contributed by atoms with Gasteiger partial charge in [0.25, 0.3) is 0 Å². The lowest BCUT2D eigenvalue weighted by atomic mass is 9.92. The number of aliphatic hydroxyl groups is 1. The highest BCUT2D eigenvalue weighted by Gasteiger charge is 2.27. The van der Waals surface area contributed by atoms with E-state index in [1.165, 1.54) is 0 Å². The Morgan fingerprint density at radius 1 is 1.50 bits per heavy atom. The van der Waals surface area contributed by atoms with Crippen molar-refractivity contribution < 1.29 is 19.7 Å². The molecule has 2 N–H and O–H groups in total. The summed E-state index contributed by atoms with van der Waals surface area (Å²) in [6.45, 7) is 1.90. The molecule has 18 heavy (non-hydrogen) atoms. The van der Waals surface area contributed by atoms with E-state index in [2.05, 4.69) is 15.9 Å². The fraction of sp³-hybridized carbons (Fsp3) is 0.462. The first-order chi connectivity index (χ1) is 8.51. The van der Waals surface area contributed by atoms with Crippen molar-refractivity contribution in [3.05, 3.63) is 28.2 Å². The third kappa shape index (κ3) is 3.46. The maximum Gasteiger partial charge on any atom is 0.309 e. The van der Waals surface area contributed by atoms with Gasteiger partial charge in [-0.1, -0.05) is 19.4 Å². The smallest absolute Gasteiger partial charge is 0.309 e. The SMILES string of the molecule is CCCC(C(=O)O)C(O)c1ccc(OC)c(Br)c1. The molecule has 0 radical (unpaired) electrons. The summed E-state index contributed by atoms with van der Waals surface area (Å²) in [5.74, 6) is -1.11. The summed E-state index contributed by atoms with van der Waals surface area (Å²) < 4.78 is 5.79. The molecule has 100 valence electrons. The van der Waals surface area contributed by atoms with Gasteiger partial charge >= 0.3 is 5.97 Å². The van der Waals surface area contributed by atoms with Crippen molar-refractivity contribution >= 4 is 21.9 Å². The zero-order chi connectivity index (χ0) is 13.7. The summed E-state index contributed by atoms with van der Waals surface area (Å²) >= 11 is 3.32. The molecule has 0 heterocycles. The van der Waals surface area contributed by atoms with E-state index in [1.807, 2.05) is 6.92 Å². The number of hydrogen-bond donors (Lipinski definition) is 2. The third-order valence-corrected chi connectivity index (χ3v) is 3.44. The first kappa shape index (κ1) is 15.0. The standard InChI is InChI=1S/C13H17BrO4/c1-3-4-9(13(16)17)12(15)8-5-6-11(18-2)10(14)7-8/h5-7,9,12,15H,3-4H2,1-2H3,(H,16,17). The minimum absolute atomic E-state index is 0.445. The second kappa shape index (κ2) is 6.75. The molecule has 0 bridgehead atoms. The van der Waals surface area contributed by atoms with Gasteiger partial charge in [-0.15, -0.1) is 0 Å². The molecule has 2 unspecified atom stereocenters. The molecule has 0 aliphatic heterocycles. The number of benzene rings is 1. The molecule has 0 saturated heterocycles. The van der Waals surface area contributed by atoms with Crippen molar-refractivity contribution in [3.8, 4) is 5.75 Å². The van der Waals surface area contributed by atoms with E-state index in [0.717, 1.165) is 0 Å². The van der Waals surface area contributed by atoms with E-state index in [4.69, 9.17) is 9.84 Å². The van der Waals surface area contributed by atoms with E-state index in [0.29, 0.717) is 28.6 Å². The van der Waals surface area contributed by atoms with Crippen molar-refractivity contribution in [1.82, 2.24) is 0 Å². The second-order valence-electron chi connectivity index (χ2n) is 4.07. The Morgan fingerprint density at radius 3 is 2.61 bits per heavy atom. The van der Waals surface area contributed by atoms with Gasteiger partial charge < -0.3 is 14.9 Å². The van der Waals surface area contributed by atoms with Crippen LogP contribution >= 0.6 is 15.9 Å². The molecule has 0 spiro atoms. The monoisotopic (exact) mass is 316 g/mol. The lowest BCUT2D eigenvalue weighted by Crippen LogP contribution is -2.21. The fourth-order valence-electron chi connectivity index (χ4n) is 1.83. The Kier molecular flexibility index (Phi) is 5.62. The Labute approximate surface area is 115 Å². The number of ether oxygens (including phenoxy) is 1. The molecular formula is C13H17BrO4. The van der Waals surface area contributed by atoms with Gasteiger partial charge in [0, 0.05) is 0 Å². The van der Waals surface area contributed by atoms with Crippen molar-refractivity contribution in [2.45, 2.75) is 25.9 Å². The van der Waals surface area contributed by atoms with E-state index in [9.17, 15) is 9.90 Å². The average Bonchev–Trinajstić information content (AvgIpc) is 2.34. The number of halogens is 1. The summed E-state index contributed by atoms with van der Waals surface area (Å²) in [5.41, 5.74) is 0.573. The third-order valence-electron chi connectivity index (χ3n) is 2.82. The highest BCUT2D eigenvalue weighted by molar-refractivity contribution is 9.10. The van der Waals surface area contributed by atoms with Crippen LogP contribution in [-0.4, -0.2) is 23.3 Å². The second-order valence-corrected chi connectivity index (χ2v) is 4.93. The first-order valence-corrected chi connectivity index (χ1v) is 6.54.